The van der Waals surface area contributed by atoms with Crippen LogP contribution in [0.25, 0.3) is 0 Å². The first-order chi connectivity index (χ1) is 9.33. The fourth-order valence-electron chi connectivity index (χ4n) is 2.82. The van der Waals surface area contributed by atoms with Crippen LogP contribution in [0.15, 0.2) is 24.3 Å². The van der Waals surface area contributed by atoms with Crippen molar-refractivity contribution in [2.24, 2.45) is 0 Å². The van der Waals surface area contributed by atoms with Crippen molar-refractivity contribution in [1.29, 1.82) is 0 Å². The van der Waals surface area contributed by atoms with Crippen LogP contribution in [0.3, 0.4) is 0 Å². The molecule has 106 valence electrons. The quantitative estimate of drug-likeness (QED) is 0.824. The van der Waals surface area contributed by atoms with Gasteiger partial charge in [-0.2, -0.15) is 11.8 Å². The van der Waals surface area contributed by atoms with E-state index in [4.69, 9.17) is 4.74 Å². The highest BCUT2D eigenvalue weighted by Crippen LogP contribution is 2.30. The number of thioether (sulfide) groups is 1. The van der Waals surface area contributed by atoms with Crippen LogP contribution >= 0.6 is 11.8 Å². The average molecular weight is 279 g/mol. The molecule has 0 bridgehead atoms. The summed E-state index contributed by atoms with van der Waals surface area (Å²) in [6.45, 7) is 3.93. The molecular weight excluding hydrogens is 254 g/mol. The van der Waals surface area contributed by atoms with E-state index in [2.05, 4.69) is 48.3 Å². The third kappa shape index (κ3) is 4.51. The van der Waals surface area contributed by atoms with Gasteiger partial charge in [0.25, 0.3) is 0 Å². The van der Waals surface area contributed by atoms with Crippen LogP contribution in [0, 0.1) is 0 Å². The number of nitrogens with one attached hydrogen (secondary N) is 1. The van der Waals surface area contributed by atoms with Crippen LogP contribution in [-0.4, -0.2) is 24.2 Å². The van der Waals surface area contributed by atoms with Crippen molar-refractivity contribution < 1.29 is 4.74 Å². The molecule has 2 nitrogen and oxygen atoms in total. The van der Waals surface area contributed by atoms with Crippen LogP contribution < -0.4 is 5.32 Å². The van der Waals surface area contributed by atoms with Crippen molar-refractivity contribution in [3.8, 4) is 0 Å². The molecule has 1 saturated carbocycles. The smallest absolute Gasteiger partial charge is 0.0713 e. The zero-order valence-corrected chi connectivity index (χ0v) is 12.8. The number of hydrogen-bond acceptors (Lipinski definition) is 3. The molecule has 0 aliphatic heterocycles. The molecule has 2 atom stereocenters. The van der Waals surface area contributed by atoms with E-state index in [0.29, 0.717) is 12.6 Å². The number of ether oxygens (including phenoxy) is 1. The van der Waals surface area contributed by atoms with Gasteiger partial charge in [-0.1, -0.05) is 37.6 Å². The lowest BCUT2D eigenvalue weighted by molar-refractivity contribution is 0.185. The minimum Gasteiger partial charge on any atom is -0.380 e. The lowest BCUT2D eigenvalue weighted by Gasteiger charge is -2.20. The molecule has 2 unspecified atom stereocenters. The number of methoxy groups -OCH3 is 1. The molecule has 0 spiro atoms. The standard InChI is InChI=1S/C16H25NOS/c1-3-19-16-9-5-8-15(16)17-11-13-6-4-7-14(10-13)12-18-2/h4,6-7,10,15-17H,3,5,8-9,11-12H2,1-2H3. The number of rotatable bonds is 7. The van der Waals surface area contributed by atoms with E-state index in [1.54, 1.807) is 7.11 Å². The molecule has 19 heavy (non-hydrogen) atoms. The van der Waals surface area contributed by atoms with Crippen LogP contribution in [-0.2, 0) is 17.9 Å². The van der Waals surface area contributed by atoms with Crippen molar-refractivity contribution in [2.45, 2.75) is 50.6 Å². The predicted molar refractivity (Wildman–Crippen MR) is 83.6 cm³/mol. The number of benzene rings is 1. The molecule has 1 fully saturated rings. The van der Waals surface area contributed by atoms with Crippen LogP contribution in [0.5, 0.6) is 0 Å². The first-order valence-electron chi connectivity index (χ1n) is 7.25. The summed E-state index contributed by atoms with van der Waals surface area (Å²) in [6.07, 6.45) is 4.08. The molecule has 1 aliphatic rings. The Morgan fingerprint density at radius 1 is 1.32 bits per heavy atom. The molecule has 0 saturated heterocycles. The van der Waals surface area contributed by atoms with Gasteiger partial charge in [0.05, 0.1) is 6.61 Å². The third-order valence-corrected chi connectivity index (χ3v) is 5.03. The highest BCUT2D eigenvalue weighted by Gasteiger charge is 2.26. The molecule has 3 heteroatoms. The van der Waals surface area contributed by atoms with Gasteiger partial charge in [0.15, 0.2) is 0 Å². The summed E-state index contributed by atoms with van der Waals surface area (Å²) < 4.78 is 5.19. The summed E-state index contributed by atoms with van der Waals surface area (Å²) in [7, 11) is 1.75. The molecule has 0 heterocycles. The minimum absolute atomic E-state index is 0.691. The first-order valence-corrected chi connectivity index (χ1v) is 8.30. The largest absolute Gasteiger partial charge is 0.380 e. The molecule has 1 aliphatic carbocycles. The van der Waals surface area contributed by atoms with E-state index < -0.39 is 0 Å². The lowest BCUT2D eigenvalue weighted by atomic mass is 10.1. The maximum Gasteiger partial charge on any atom is 0.0713 e. The van der Waals surface area contributed by atoms with Crippen molar-refractivity contribution in [1.82, 2.24) is 5.32 Å². The average Bonchev–Trinajstić information content (AvgIpc) is 2.85. The third-order valence-electron chi connectivity index (χ3n) is 3.70. The first kappa shape index (κ1) is 14.9. The Kier molecular flexibility index (Phi) is 6.21. The van der Waals surface area contributed by atoms with Gasteiger partial charge in [-0.25, -0.2) is 0 Å². The van der Waals surface area contributed by atoms with E-state index in [1.165, 1.54) is 36.1 Å². The Hall–Kier alpha value is -0.510. The van der Waals surface area contributed by atoms with Crippen LogP contribution in [0.1, 0.15) is 37.3 Å². The topological polar surface area (TPSA) is 21.3 Å². The monoisotopic (exact) mass is 279 g/mol. The van der Waals surface area contributed by atoms with Gasteiger partial charge in [-0.3, -0.25) is 0 Å². The van der Waals surface area contributed by atoms with E-state index in [-0.39, 0.29) is 0 Å². The molecule has 0 radical (unpaired) electrons. The maximum atomic E-state index is 5.19. The Bertz CT molecular complexity index is 383. The normalized spacial score (nSPS) is 22.8. The summed E-state index contributed by atoms with van der Waals surface area (Å²) in [5.41, 5.74) is 2.62. The van der Waals surface area contributed by atoms with Crippen LogP contribution in [0.4, 0.5) is 0 Å². The van der Waals surface area contributed by atoms with Gasteiger partial charge in [0.2, 0.25) is 0 Å². The zero-order chi connectivity index (χ0) is 13.5. The molecular formula is C16H25NOS. The summed E-state index contributed by atoms with van der Waals surface area (Å²) in [5, 5.41) is 4.55. The van der Waals surface area contributed by atoms with Gasteiger partial charge in [0, 0.05) is 24.9 Å². The summed E-state index contributed by atoms with van der Waals surface area (Å²) in [5.74, 6) is 1.23. The van der Waals surface area contributed by atoms with E-state index in [1.807, 2.05) is 0 Å². The second-order valence-electron chi connectivity index (χ2n) is 5.17. The molecule has 1 aromatic carbocycles. The minimum atomic E-state index is 0.691. The molecule has 1 aromatic rings. The second kappa shape index (κ2) is 7.93. The Balaban J connectivity index is 1.85. The van der Waals surface area contributed by atoms with Gasteiger partial charge < -0.3 is 10.1 Å². The van der Waals surface area contributed by atoms with Crippen LogP contribution in [0.2, 0.25) is 0 Å². The predicted octanol–water partition coefficient (Wildman–Crippen LogP) is 3.60. The fraction of sp³-hybridized carbons (Fsp3) is 0.625. The van der Waals surface area contributed by atoms with E-state index in [9.17, 15) is 0 Å². The van der Waals surface area contributed by atoms with Crippen molar-refractivity contribution in [3.05, 3.63) is 35.4 Å². The molecule has 0 amide bonds. The highest BCUT2D eigenvalue weighted by molar-refractivity contribution is 7.99. The molecule has 1 N–H and O–H groups in total. The Labute approximate surface area is 121 Å². The molecule has 0 aromatic heterocycles. The zero-order valence-electron chi connectivity index (χ0n) is 12.0. The van der Waals surface area contributed by atoms with Crippen molar-refractivity contribution >= 4 is 11.8 Å². The molecule has 2 rings (SSSR count). The number of hydrogen-bond donors (Lipinski definition) is 1. The Morgan fingerprint density at radius 2 is 2.16 bits per heavy atom. The summed E-state index contributed by atoms with van der Waals surface area (Å²) >= 11 is 2.11. The van der Waals surface area contributed by atoms with Gasteiger partial charge in [0.1, 0.15) is 0 Å². The van der Waals surface area contributed by atoms with E-state index in [0.717, 1.165) is 11.8 Å². The fourth-order valence-corrected chi connectivity index (χ4v) is 4.04. The summed E-state index contributed by atoms with van der Waals surface area (Å²) in [4.78, 5) is 0. The lowest BCUT2D eigenvalue weighted by Crippen LogP contribution is -2.33. The second-order valence-corrected chi connectivity index (χ2v) is 6.68. The van der Waals surface area contributed by atoms with Gasteiger partial charge >= 0.3 is 0 Å². The Morgan fingerprint density at radius 3 is 2.95 bits per heavy atom. The van der Waals surface area contributed by atoms with Gasteiger partial charge in [-0.15, -0.1) is 0 Å². The SMILES string of the molecule is CCSC1CCCC1NCc1cccc(COC)c1. The van der Waals surface area contributed by atoms with E-state index >= 15 is 0 Å². The maximum absolute atomic E-state index is 5.19. The highest BCUT2D eigenvalue weighted by atomic mass is 32.2. The van der Waals surface area contributed by atoms with Crippen molar-refractivity contribution in [2.75, 3.05) is 12.9 Å². The van der Waals surface area contributed by atoms with Gasteiger partial charge in [-0.05, 0) is 29.7 Å². The summed E-state index contributed by atoms with van der Waals surface area (Å²) in [6, 6.07) is 9.38. The van der Waals surface area contributed by atoms with Crippen molar-refractivity contribution in [3.63, 3.8) is 0 Å².